The number of hydrogen-bond acceptors (Lipinski definition) is 4. The van der Waals surface area contributed by atoms with E-state index in [1.54, 1.807) is 0 Å². The third-order valence-electron chi connectivity index (χ3n) is 5.29. The highest BCUT2D eigenvalue weighted by Gasteiger charge is 2.27. The number of Topliss-reactive ketones (excluding diaryl/α,β-unsaturated/α-hetero) is 1. The molecule has 148 valence electrons. The standard InChI is InChI=1S/C24H20N4OS/c1-2-16-11-8-12-18-19(15-25-21(16)18)22(29)23(17-9-4-3-5-10-17)30-24-27-26-20-13-6-7-14-28(20)24/h3-15,23,25H,2H2,1H3/t23-/m1/s1. The number of hydrogen-bond donors (Lipinski definition) is 1. The number of ketones is 1. The molecule has 0 spiro atoms. The molecule has 0 saturated carbocycles. The molecule has 2 aromatic carbocycles. The second-order valence-electron chi connectivity index (χ2n) is 7.08. The van der Waals surface area contributed by atoms with Gasteiger partial charge in [0.15, 0.2) is 16.6 Å². The van der Waals surface area contributed by atoms with E-state index in [1.165, 1.54) is 17.3 Å². The number of thioether (sulfide) groups is 1. The smallest absolute Gasteiger partial charge is 0.196 e. The molecule has 6 heteroatoms. The molecule has 0 aliphatic heterocycles. The van der Waals surface area contributed by atoms with E-state index in [-0.39, 0.29) is 5.78 Å². The van der Waals surface area contributed by atoms with Gasteiger partial charge in [-0.2, -0.15) is 0 Å². The highest BCUT2D eigenvalue weighted by molar-refractivity contribution is 8.00. The average Bonchev–Trinajstić information content (AvgIpc) is 3.42. The van der Waals surface area contributed by atoms with E-state index >= 15 is 0 Å². The first kappa shape index (κ1) is 18.6. The van der Waals surface area contributed by atoms with Gasteiger partial charge < -0.3 is 4.98 Å². The molecule has 0 radical (unpaired) electrons. The number of aromatic nitrogens is 4. The van der Waals surface area contributed by atoms with Crippen molar-refractivity contribution in [3.63, 3.8) is 0 Å². The van der Waals surface area contributed by atoms with Crippen LogP contribution in [-0.4, -0.2) is 25.4 Å². The molecule has 0 fully saturated rings. The van der Waals surface area contributed by atoms with E-state index < -0.39 is 5.25 Å². The molecule has 3 aromatic heterocycles. The number of carbonyl (C=O) groups is 1. The number of para-hydroxylation sites is 1. The van der Waals surface area contributed by atoms with Crippen molar-refractivity contribution in [1.29, 1.82) is 0 Å². The summed E-state index contributed by atoms with van der Waals surface area (Å²) >= 11 is 1.43. The van der Waals surface area contributed by atoms with Gasteiger partial charge in [-0.1, -0.05) is 73.3 Å². The van der Waals surface area contributed by atoms with Gasteiger partial charge in [0.25, 0.3) is 0 Å². The van der Waals surface area contributed by atoms with Crippen molar-refractivity contribution in [3.8, 4) is 0 Å². The van der Waals surface area contributed by atoms with Gasteiger partial charge in [0.1, 0.15) is 5.25 Å². The summed E-state index contributed by atoms with van der Waals surface area (Å²) in [6.45, 7) is 2.12. The van der Waals surface area contributed by atoms with Gasteiger partial charge >= 0.3 is 0 Å². The van der Waals surface area contributed by atoms with Crippen LogP contribution in [-0.2, 0) is 6.42 Å². The summed E-state index contributed by atoms with van der Waals surface area (Å²) in [7, 11) is 0. The summed E-state index contributed by atoms with van der Waals surface area (Å²) in [5, 5.41) is 9.80. The average molecular weight is 413 g/mol. The molecule has 1 N–H and O–H groups in total. The summed E-state index contributed by atoms with van der Waals surface area (Å²) in [6.07, 6.45) is 4.67. The topological polar surface area (TPSA) is 63.1 Å². The number of nitrogens with one attached hydrogen (secondary N) is 1. The number of pyridine rings is 1. The lowest BCUT2D eigenvalue weighted by Crippen LogP contribution is -2.10. The molecular weight excluding hydrogens is 392 g/mol. The maximum absolute atomic E-state index is 13.8. The van der Waals surface area contributed by atoms with Crippen LogP contribution in [0.15, 0.2) is 84.3 Å². The number of aromatic amines is 1. The van der Waals surface area contributed by atoms with E-state index in [0.717, 1.165) is 28.5 Å². The molecule has 0 aliphatic rings. The number of aryl methyl sites for hydroxylation is 1. The van der Waals surface area contributed by atoms with E-state index in [4.69, 9.17) is 0 Å². The fraction of sp³-hybridized carbons (Fsp3) is 0.125. The normalized spacial score (nSPS) is 12.4. The van der Waals surface area contributed by atoms with Crippen LogP contribution in [0.4, 0.5) is 0 Å². The van der Waals surface area contributed by atoms with Crippen LogP contribution < -0.4 is 0 Å². The highest BCUT2D eigenvalue weighted by Crippen LogP contribution is 2.38. The highest BCUT2D eigenvalue weighted by atomic mass is 32.2. The molecule has 0 saturated heterocycles. The Bertz CT molecular complexity index is 1340. The number of carbonyl (C=O) groups excluding carboxylic acids is 1. The molecular formula is C24H20N4OS. The van der Waals surface area contributed by atoms with Gasteiger partial charge in [-0.25, -0.2) is 0 Å². The third kappa shape index (κ3) is 3.19. The lowest BCUT2D eigenvalue weighted by Gasteiger charge is -2.15. The second-order valence-corrected chi connectivity index (χ2v) is 8.15. The van der Waals surface area contributed by atoms with Gasteiger partial charge in [0.05, 0.1) is 0 Å². The van der Waals surface area contributed by atoms with Crippen LogP contribution >= 0.6 is 11.8 Å². The van der Waals surface area contributed by atoms with Crippen molar-refractivity contribution < 1.29 is 4.79 Å². The quantitative estimate of drug-likeness (QED) is 0.296. The van der Waals surface area contributed by atoms with Crippen LogP contribution in [0.25, 0.3) is 16.6 Å². The molecule has 0 amide bonds. The van der Waals surface area contributed by atoms with E-state index in [9.17, 15) is 4.79 Å². The predicted molar refractivity (Wildman–Crippen MR) is 120 cm³/mol. The van der Waals surface area contributed by atoms with Crippen molar-refractivity contribution >= 4 is 34.1 Å². The van der Waals surface area contributed by atoms with E-state index in [2.05, 4.69) is 28.2 Å². The molecule has 5 rings (SSSR count). The van der Waals surface area contributed by atoms with Gasteiger partial charge in [-0.3, -0.25) is 9.20 Å². The number of rotatable bonds is 6. The zero-order chi connectivity index (χ0) is 20.5. The third-order valence-corrected chi connectivity index (χ3v) is 6.51. The summed E-state index contributed by atoms with van der Waals surface area (Å²) in [6, 6.07) is 21.8. The van der Waals surface area contributed by atoms with Gasteiger partial charge in [-0.15, -0.1) is 10.2 Å². The molecule has 0 bridgehead atoms. The minimum absolute atomic E-state index is 0.0541. The Morgan fingerprint density at radius 1 is 1.03 bits per heavy atom. The van der Waals surface area contributed by atoms with Crippen LogP contribution in [0.2, 0.25) is 0 Å². The molecule has 1 atom stereocenters. The maximum atomic E-state index is 13.8. The van der Waals surface area contributed by atoms with Crippen LogP contribution in [0.1, 0.15) is 33.7 Å². The zero-order valence-corrected chi connectivity index (χ0v) is 17.3. The summed E-state index contributed by atoms with van der Waals surface area (Å²) in [4.78, 5) is 17.1. The second kappa shape index (κ2) is 7.80. The fourth-order valence-electron chi connectivity index (χ4n) is 3.76. The minimum Gasteiger partial charge on any atom is -0.360 e. The Balaban J connectivity index is 1.60. The van der Waals surface area contributed by atoms with Gasteiger partial charge in [0, 0.05) is 28.9 Å². The van der Waals surface area contributed by atoms with Gasteiger partial charge in [-0.05, 0) is 29.7 Å². The van der Waals surface area contributed by atoms with Crippen molar-refractivity contribution in [3.05, 3.63) is 95.8 Å². The summed E-state index contributed by atoms with van der Waals surface area (Å²) < 4.78 is 1.91. The number of H-pyrrole nitrogens is 1. The van der Waals surface area contributed by atoms with E-state index in [0.29, 0.717) is 10.7 Å². The van der Waals surface area contributed by atoms with Crippen molar-refractivity contribution in [2.75, 3.05) is 0 Å². The Labute approximate surface area is 178 Å². The van der Waals surface area contributed by atoms with Gasteiger partial charge in [0.2, 0.25) is 0 Å². The molecule has 5 nitrogen and oxygen atoms in total. The Kier molecular flexibility index (Phi) is 4.85. The van der Waals surface area contributed by atoms with Crippen molar-refractivity contribution in [1.82, 2.24) is 19.6 Å². The van der Waals surface area contributed by atoms with E-state index in [1.807, 2.05) is 77.5 Å². The first-order chi connectivity index (χ1) is 14.8. The number of fused-ring (bicyclic) bond motifs is 2. The Morgan fingerprint density at radius 3 is 2.70 bits per heavy atom. The lowest BCUT2D eigenvalue weighted by molar-refractivity contribution is 0.0991. The van der Waals surface area contributed by atoms with Crippen LogP contribution in [0, 0.1) is 0 Å². The van der Waals surface area contributed by atoms with Crippen molar-refractivity contribution in [2.45, 2.75) is 23.8 Å². The Hall–Kier alpha value is -3.38. The summed E-state index contributed by atoms with van der Waals surface area (Å²) in [5.41, 5.74) is 4.66. The minimum atomic E-state index is -0.428. The fourth-order valence-corrected chi connectivity index (χ4v) is 4.86. The molecule has 0 unspecified atom stereocenters. The monoisotopic (exact) mass is 412 g/mol. The number of benzene rings is 2. The molecule has 30 heavy (non-hydrogen) atoms. The predicted octanol–water partition coefficient (Wildman–Crippen LogP) is 5.49. The first-order valence-electron chi connectivity index (χ1n) is 9.91. The van der Waals surface area contributed by atoms with Crippen LogP contribution in [0.3, 0.4) is 0 Å². The first-order valence-corrected chi connectivity index (χ1v) is 10.8. The molecule has 5 aromatic rings. The Morgan fingerprint density at radius 2 is 1.87 bits per heavy atom. The summed E-state index contributed by atoms with van der Waals surface area (Å²) in [5.74, 6) is 0.0541. The largest absolute Gasteiger partial charge is 0.360 e. The van der Waals surface area contributed by atoms with Crippen LogP contribution in [0.5, 0.6) is 0 Å². The van der Waals surface area contributed by atoms with Crippen molar-refractivity contribution in [2.24, 2.45) is 0 Å². The molecule has 3 heterocycles. The zero-order valence-electron chi connectivity index (χ0n) is 16.4. The SMILES string of the molecule is CCc1cccc2c(C(=O)[C@H](Sc3nnc4ccccn34)c3ccccc3)c[nH]c12. The molecule has 0 aliphatic carbocycles. The maximum Gasteiger partial charge on any atom is 0.196 e. The number of nitrogens with zero attached hydrogens (tertiary/aromatic N) is 3. The lowest BCUT2D eigenvalue weighted by atomic mass is 10.0.